The average Bonchev–Trinajstić information content (AvgIpc) is 2.68. The van der Waals surface area contributed by atoms with Crippen molar-refractivity contribution in [1.82, 2.24) is 14.9 Å². The first kappa shape index (κ1) is 11.9. The molecule has 0 bridgehead atoms. The van der Waals surface area contributed by atoms with Gasteiger partial charge in [0.1, 0.15) is 10.0 Å². The molecule has 3 rings (SSSR count). The molecule has 1 aromatic carbocycles. The van der Waals surface area contributed by atoms with Gasteiger partial charge in [-0.3, -0.25) is 0 Å². The Kier molecular flexibility index (Phi) is 3.45. The summed E-state index contributed by atoms with van der Waals surface area (Å²) in [6.45, 7) is 3.54. The Balaban J connectivity index is 1.90. The second-order valence-electron chi connectivity index (χ2n) is 4.22. The third kappa shape index (κ3) is 2.34. The zero-order chi connectivity index (χ0) is 12.4. The molecule has 0 aliphatic carbocycles. The maximum atomic E-state index is 6.08. The van der Waals surface area contributed by atoms with E-state index >= 15 is 0 Å². The second kappa shape index (κ2) is 5.22. The molecular weight excluding hydrogens is 268 g/mol. The van der Waals surface area contributed by atoms with Crippen molar-refractivity contribution >= 4 is 28.8 Å². The maximum absolute atomic E-state index is 6.08. The van der Waals surface area contributed by atoms with E-state index in [1.807, 2.05) is 0 Å². The van der Waals surface area contributed by atoms with Crippen LogP contribution >= 0.6 is 23.1 Å². The molecule has 2 heterocycles. The molecule has 94 valence electrons. The van der Waals surface area contributed by atoms with E-state index in [0.29, 0.717) is 10.9 Å². The molecular formula is C12H13ClN4S. The number of anilines is 1. The van der Waals surface area contributed by atoms with Crippen LogP contribution in [0.3, 0.4) is 0 Å². The minimum Gasteiger partial charge on any atom is -0.364 e. The van der Waals surface area contributed by atoms with E-state index in [1.54, 1.807) is 0 Å². The van der Waals surface area contributed by atoms with Gasteiger partial charge in [0.15, 0.2) is 0 Å². The molecule has 0 fully saturated rings. The first-order valence-corrected chi connectivity index (χ1v) is 7.00. The number of nitrogens with zero attached hydrogens (tertiary/aromatic N) is 3. The van der Waals surface area contributed by atoms with E-state index in [9.17, 15) is 0 Å². The van der Waals surface area contributed by atoms with Gasteiger partial charge in [-0.25, -0.2) is 0 Å². The highest BCUT2D eigenvalue weighted by molar-refractivity contribution is 7.10. The minimum atomic E-state index is 0.685. The molecule has 0 radical (unpaired) electrons. The first-order chi connectivity index (χ1) is 8.84. The van der Waals surface area contributed by atoms with Crippen LogP contribution in [0.15, 0.2) is 24.3 Å². The van der Waals surface area contributed by atoms with Crippen LogP contribution in [0, 0.1) is 0 Å². The lowest BCUT2D eigenvalue weighted by atomic mass is 10.1. The number of aromatic nitrogens is 2. The van der Waals surface area contributed by atoms with Crippen LogP contribution in [-0.4, -0.2) is 22.7 Å². The zero-order valence-electron chi connectivity index (χ0n) is 9.77. The van der Waals surface area contributed by atoms with Gasteiger partial charge < -0.3 is 10.2 Å². The number of halogens is 1. The van der Waals surface area contributed by atoms with Gasteiger partial charge in [-0.1, -0.05) is 34.3 Å². The van der Waals surface area contributed by atoms with Crippen LogP contribution in [0.4, 0.5) is 5.69 Å². The van der Waals surface area contributed by atoms with E-state index < -0.39 is 0 Å². The molecule has 2 aromatic rings. The lowest BCUT2D eigenvalue weighted by Crippen LogP contribution is -2.28. The summed E-state index contributed by atoms with van der Waals surface area (Å²) in [5.74, 6) is 0. The number of nitrogens with one attached hydrogen (secondary N) is 1. The van der Waals surface area contributed by atoms with Gasteiger partial charge in [0, 0.05) is 36.9 Å². The molecule has 1 N–H and O–H groups in total. The molecule has 0 amide bonds. The Bertz CT molecular complexity index is 542. The highest BCUT2D eigenvalue weighted by atomic mass is 35.5. The quantitative estimate of drug-likeness (QED) is 0.916. The molecule has 0 spiro atoms. The number of hydrogen-bond acceptors (Lipinski definition) is 5. The monoisotopic (exact) mass is 280 g/mol. The fourth-order valence-corrected chi connectivity index (χ4v) is 2.77. The molecule has 18 heavy (non-hydrogen) atoms. The third-order valence-corrected chi connectivity index (χ3v) is 4.04. The normalized spacial score (nSPS) is 15.3. The standard InChI is InChI=1S/C12H13ClN4S/c13-12-10(15-16-18-12)8-17-6-5-14-7-9-3-1-2-4-11(9)17/h1-4,14H,5-8H2. The number of hydrogen-bond donors (Lipinski definition) is 1. The topological polar surface area (TPSA) is 41.1 Å². The minimum absolute atomic E-state index is 0.685. The van der Waals surface area contributed by atoms with Crippen molar-refractivity contribution in [3.05, 3.63) is 39.9 Å². The number of benzene rings is 1. The molecule has 6 heteroatoms. The lowest BCUT2D eigenvalue weighted by molar-refractivity contribution is 0.684. The van der Waals surface area contributed by atoms with Gasteiger partial charge in [0.2, 0.25) is 0 Å². The average molecular weight is 281 g/mol. The van der Waals surface area contributed by atoms with Crippen LogP contribution in [-0.2, 0) is 13.1 Å². The van der Waals surface area contributed by atoms with Crippen molar-refractivity contribution in [1.29, 1.82) is 0 Å². The summed E-state index contributed by atoms with van der Waals surface area (Å²) in [5.41, 5.74) is 3.43. The molecule has 1 aliphatic heterocycles. The van der Waals surface area contributed by atoms with E-state index in [0.717, 1.165) is 25.3 Å². The Hall–Kier alpha value is -1.17. The van der Waals surface area contributed by atoms with Crippen molar-refractivity contribution in [3.8, 4) is 0 Å². The lowest BCUT2D eigenvalue weighted by Gasteiger charge is -2.23. The molecule has 0 atom stereocenters. The second-order valence-corrected chi connectivity index (χ2v) is 5.58. The summed E-state index contributed by atoms with van der Waals surface area (Å²) in [6, 6.07) is 8.44. The summed E-state index contributed by atoms with van der Waals surface area (Å²) < 4.78 is 4.57. The molecule has 1 aliphatic rings. The molecule has 1 aromatic heterocycles. The fourth-order valence-electron chi connectivity index (χ4n) is 2.16. The Morgan fingerprint density at radius 1 is 1.39 bits per heavy atom. The van der Waals surface area contributed by atoms with Gasteiger partial charge in [0.25, 0.3) is 0 Å². The van der Waals surface area contributed by atoms with E-state index in [2.05, 4.69) is 44.1 Å². The highest BCUT2D eigenvalue weighted by Gasteiger charge is 2.17. The van der Waals surface area contributed by atoms with Gasteiger partial charge >= 0.3 is 0 Å². The summed E-state index contributed by atoms with van der Waals surface area (Å²) >= 11 is 7.32. The van der Waals surface area contributed by atoms with E-state index in [4.69, 9.17) is 11.6 Å². The Morgan fingerprint density at radius 2 is 2.28 bits per heavy atom. The van der Waals surface area contributed by atoms with E-state index in [-0.39, 0.29) is 0 Å². The van der Waals surface area contributed by atoms with Crippen LogP contribution in [0.5, 0.6) is 0 Å². The van der Waals surface area contributed by atoms with Crippen molar-refractivity contribution in [3.63, 3.8) is 0 Å². The molecule has 4 nitrogen and oxygen atoms in total. The van der Waals surface area contributed by atoms with Crippen LogP contribution in [0.1, 0.15) is 11.3 Å². The maximum Gasteiger partial charge on any atom is 0.139 e. The first-order valence-electron chi connectivity index (χ1n) is 5.85. The fraction of sp³-hybridized carbons (Fsp3) is 0.333. The SMILES string of the molecule is Clc1snnc1CN1CCNCc2ccccc21. The van der Waals surface area contributed by atoms with Crippen molar-refractivity contribution in [2.24, 2.45) is 0 Å². The van der Waals surface area contributed by atoms with Crippen LogP contribution in [0.25, 0.3) is 0 Å². The van der Waals surface area contributed by atoms with Gasteiger partial charge in [-0.15, -0.1) is 5.10 Å². The van der Waals surface area contributed by atoms with Crippen LogP contribution in [0.2, 0.25) is 4.34 Å². The number of fused-ring (bicyclic) bond motifs is 1. The third-order valence-electron chi connectivity index (χ3n) is 3.06. The van der Waals surface area contributed by atoms with Crippen molar-refractivity contribution in [2.75, 3.05) is 18.0 Å². The van der Waals surface area contributed by atoms with Crippen molar-refractivity contribution < 1.29 is 0 Å². The number of para-hydroxylation sites is 1. The van der Waals surface area contributed by atoms with Gasteiger partial charge in [0.05, 0.1) is 6.54 Å². The predicted molar refractivity (Wildman–Crippen MR) is 74.1 cm³/mol. The highest BCUT2D eigenvalue weighted by Crippen LogP contribution is 2.26. The molecule has 0 saturated carbocycles. The van der Waals surface area contributed by atoms with Crippen LogP contribution < -0.4 is 10.2 Å². The van der Waals surface area contributed by atoms with Gasteiger partial charge in [-0.05, 0) is 11.6 Å². The molecule has 0 unspecified atom stereocenters. The Labute approximate surface area is 115 Å². The van der Waals surface area contributed by atoms with Gasteiger partial charge in [-0.2, -0.15) is 0 Å². The summed E-state index contributed by atoms with van der Waals surface area (Å²) in [7, 11) is 0. The summed E-state index contributed by atoms with van der Waals surface area (Å²) in [4.78, 5) is 2.30. The summed E-state index contributed by atoms with van der Waals surface area (Å²) in [6.07, 6.45) is 0. The molecule has 0 saturated heterocycles. The smallest absolute Gasteiger partial charge is 0.139 e. The predicted octanol–water partition coefficient (Wildman–Crippen LogP) is 2.30. The van der Waals surface area contributed by atoms with E-state index in [1.165, 1.54) is 22.8 Å². The number of rotatable bonds is 2. The zero-order valence-corrected chi connectivity index (χ0v) is 11.3. The van der Waals surface area contributed by atoms with Crippen molar-refractivity contribution in [2.45, 2.75) is 13.1 Å². The Morgan fingerprint density at radius 3 is 3.11 bits per heavy atom. The summed E-state index contributed by atoms with van der Waals surface area (Å²) in [5, 5.41) is 7.51. The largest absolute Gasteiger partial charge is 0.364 e.